The van der Waals surface area contributed by atoms with E-state index >= 15 is 0 Å². The van der Waals surface area contributed by atoms with Crippen LogP contribution < -0.4 is 4.46 Å². The normalized spacial score (nSPS) is 12.0. The van der Waals surface area contributed by atoms with E-state index < -0.39 is 0 Å². The maximum absolute atomic E-state index is 8.61. The van der Waals surface area contributed by atoms with Crippen LogP contribution >= 0.6 is 0 Å². The number of nitriles is 1. The third-order valence-corrected chi connectivity index (χ3v) is 4.71. The molecule has 13 heavy (non-hydrogen) atoms. The molecule has 1 aromatic carbocycles. The van der Waals surface area contributed by atoms with E-state index in [4.69, 9.17) is 5.26 Å². The van der Waals surface area contributed by atoms with Crippen molar-refractivity contribution in [2.45, 2.75) is 24.6 Å². The first-order chi connectivity index (χ1) is 6.36. The Morgan fingerprint density at radius 2 is 2.08 bits per heavy atom. The number of hydrogen-bond donors (Lipinski definition) is 0. The van der Waals surface area contributed by atoms with Gasteiger partial charge in [0.25, 0.3) is 0 Å². The van der Waals surface area contributed by atoms with E-state index in [1.54, 1.807) is 0 Å². The second-order valence-corrected chi connectivity index (χ2v) is 5.71. The second kappa shape index (κ2) is 5.80. The Morgan fingerprint density at radius 1 is 1.38 bits per heavy atom. The fourth-order valence-corrected chi connectivity index (χ4v) is 3.21. The third-order valence-electron chi connectivity index (χ3n) is 1.82. The summed E-state index contributed by atoms with van der Waals surface area (Å²) in [6.07, 6.45) is 1.81. The Morgan fingerprint density at radius 3 is 2.62 bits per heavy atom. The molecule has 1 atom stereocenters. The van der Waals surface area contributed by atoms with Crippen LogP contribution in [-0.4, -0.2) is 15.0 Å². The fraction of sp³-hybridized carbons (Fsp3) is 0.364. The molecule has 0 aromatic heterocycles. The van der Waals surface area contributed by atoms with Crippen molar-refractivity contribution in [2.75, 3.05) is 0 Å². The molecule has 1 unspecified atom stereocenters. The summed E-state index contributed by atoms with van der Waals surface area (Å²) in [6.45, 7) is 2.16. The van der Waals surface area contributed by atoms with Crippen LogP contribution in [0.5, 0.6) is 0 Å². The molecular formula is C11H13NSe. The van der Waals surface area contributed by atoms with Gasteiger partial charge in [-0.05, 0) is 0 Å². The number of benzene rings is 1. The summed E-state index contributed by atoms with van der Waals surface area (Å²) in [5, 5.41) is 8.61. The van der Waals surface area contributed by atoms with Crippen molar-refractivity contribution in [1.82, 2.24) is 0 Å². The van der Waals surface area contributed by atoms with Gasteiger partial charge >= 0.3 is 85.7 Å². The van der Waals surface area contributed by atoms with Crippen molar-refractivity contribution in [1.29, 1.82) is 5.26 Å². The second-order valence-electron chi connectivity index (χ2n) is 2.82. The van der Waals surface area contributed by atoms with Crippen LogP contribution in [0.3, 0.4) is 0 Å². The fourth-order valence-electron chi connectivity index (χ4n) is 1.06. The molecular weight excluding hydrogens is 225 g/mol. The van der Waals surface area contributed by atoms with Gasteiger partial charge in [-0.3, -0.25) is 0 Å². The molecule has 0 saturated carbocycles. The number of nitrogens with zero attached hydrogens (tertiary/aromatic N) is 1. The molecule has 0 heterocycles. The molecule has 0 aliphatic rings. The predicted octanol–water partition coefficient (Wildman–Crippen LogP) is 2.13. The van der Waals surface area contributed by atoms with E-state index in [-0.39, 0.29) is 0 Å². The van der Waals surface area contributed by atoms with Gasteiger partial charge in [-0.25, -0.2) is 0 Å². The van der Waals surface area contributed by atoms with Crippen molar-refractivity contribution in [3.63, 3.8) is 0 Å². The van der Waals surface area contributed by atoms with Gasteiger partial charge in [0.15, 0.2) is 0 Å². The van der Waals surface area contributed by atoms with Crippen molar-refractivity contribution >= 4 is 19.4 Å². The Kier molecular flexibility index (Phi) is 4.60. The molecule has 0 aliphatic heterocycles. The zero-order chi connectivity index (χ0) is 9.52. The minimum atomic E-state index is 0.464. The summed E-state index contributed by atoms with van der Waals surface area (Å²) in [6, 6.07) is 12.7. The average Bonchev–Trinajstić information content (AvgIpc) is 2.19. The molecule has 1 nitrogen and oxygen atoms in total. The first kappa shape index (κ1) is 10.3. The maximum atomic E-state index is 8.61. The summed E-state index contributed by atoms with van der Waals surface area (Å²) in [7, 11) is 0. The first-order valence-corrected chi connectivity index (χ1v) is 6.30. The van der Waals surface area contributed by atoms with Crippen LogP contribution in [0.2, 0.25) is 4.82 Å². The zero-order valence-corrected chi connectivity index (χ0v) is 9.45. The summed E-state index contributed by atoms with van der Waals surface area (Å²) in [5.74, 6) is 0. The van der Waals surface area contributed by atoms with Crippen LogP contribution in [-0.2, 0) is 0 Å². The Bertz CT molecular complexity index is 276. The van der Waals surface area contributed by atoms with Gasteiger partial charge in [-0.15, -0.1) is 0 Å². The van der Waals surface area contributed by atoms with Gasteiger partial charge in [0.1, 0.15) is 0 Å². The molecule has 0 amide bonds. The summed E-state index contributed by atoms with van der Waals surface area (Å²) >= 11 is 0.464. The van der Waals surface area contributed by atoms with Crippen molar-refractivity contribution < 1.29 is 0 Å². The van der Waals surface area contributed by atoms with Crippen LogP contribution in [0.25, 0.3) is 0 Å². The van der Waals surface area contributed by atoms with E-state index in [0.717, 1.165) is 6.42 Å². The summed E-state index contributed by atoms with van der Waals surface area (Å²) in [5.41, 5.74) is 0. The molecule has 0 radical (unpaired) electrons. The molecule has 0 N–H and O–H groups in total. The van der Waals surface area contributed by atoms with E-state index in [2.05, 4.69) is 37.3 Å². The van der Waals surface area contributed by atoms with Crippen molar-refractivity contribution in [3.05, 3.63) is 30.3 Å². The van der Waals surface area contributed by atoms with Crippen molar-refractivity contribution in [3.8, 4) is 6.07 Å². The topological polar surface area (TPSA) is 23.8 Å². The van der Waals surface area contributed by atoms with E-state index in [1.165, 1.54) is 4.46 Å². The first-order valence-electron chi connectivity index (χ1n) is 4.45. The van der Waals surface area contributed by atoms with Gasteiger partial charge in [-0.2, -0.15) is 0 Å². The summed E-state index contributed by atoms with van der Waals surface area (Å²) < 4.78 is 1.40. The van der Waals surface area contributed by atoms with Gasteiger partial charge in [0, 0.05) is 0 Å². The van der Waals surface area contributed by atoms with Gasteiger partial charge < -0.3 is 0 Å². The molecule has 1 aromatic rings. The van der Waals surface area contributed by atoms with Crippen molar-refractivity contribution in [2.24, 2.45) is 0 Å². The SMILES string of the molecule is CCC(CC#N)[Se]c1ccccc1. The Balaban J connectivity index is 2.53. The molecule has 0 saturated heterocycles. The molecule has 0 fully saturated rings. The van der Waals surface area contributed by atoms with Gasteiger partial charge in [0.2, 0.25) is 0 Å². The van der Waals surface area contributed by atoms with Crippen LogP contribution in [0.1, 0.15) is 19.8 Å². The minimum absolute atomic E-state index is 0.464. The molecule has 0 bridgehead atoms. The van der Waals surface area contributed by atoms with E-state index in [1.807, 2.05) is 6.07 Å². The average molecular weight is 238 g/mol. The molecule has 2 heteroatoms. The molecule has 0 spiro atoms. The van der Waals surface area contributed by atoms with E-state index in [0.29, 0.717) is 26.2 Å². The Hall–Kier alpha value is -0.771. The van der Waals surface area contributed by atoms with Crippen LogP contribution in [0.4, 0.5) is 0 Å². The Labute approximate surface area is 85.9 Å². The number of rotatable bonds is 4. The predicted molar refractivity (Wildman–Crippen MR) is 56.1 cm³/mol. The van der Waals surface area contributed by atoms with Crippen LogP contribution in [0.15, 0.2) is 30.3 Å². The molecule has 68 valence electrons. The monoisotopic (exact) mass is 239 g/mol. The van der Waals surface area contributed by atoms with Gasteiger partial charge in [-0.1, -0.05) is 0 Å². The third kappa shape index (κ3) is 3.63. The summed E-state index contributed by atoms with van der Waals surface area (Å²) in [4.78, 5) is 0.583. The van der Waals surface area contributed by atoms with Crippen LogP contribution in [0, 0.1) is 11.3 Å². The number of hydrogen-bond acceptors (Lipinski definition) is 1. The zero-order valence-electron chi connectivity index (χ0n) is 7.73. The van der Waals surface area contributed by atoms with E-state index in [9.17, 15) is 0 Å². The standard InChI is InChI=1S/C11H13NSe/c1-2-10(8-9-12)13-11-6-4-3-5-7-11/h3-7,10H,2,8H2,1H3. The molecule has 0 aliphatic carbocycles. The molecule has 1 rings (SSSR count). The quantitative estimate of drug-likeness (QED) is 0.737. The van der Waals surface area contributed by atoms with Gasteiger partial charge in [0.05, 0.1) is 0 Å².